The molecular formula is C23H39IN4O. The number of hydrogen-bond donors (Lipinski definition) is 3. The number of aryl methyl sites for hydroxylation is 2. The second-order valence-corrected chi connectivity index (χ2v) is 8.29. The van der Waals surface area contributed by atoms with E-state index in [4.69, 9.17) is 4.99 Å². The van der Waals surface area contributed by atoms with Crippen molar-refractivity contribution < 1.29 is 5.11 Å². The fourth-order valence-electron chi connectivity index (χ4n) is 4.26. The zero-order valence-electron chi connectivity index (χ0n) is 18.1. The maximum Gasteiger partial charge on any atom is 0.191 e. The van der Waals surface area contributed by atoms with Gasteiger partial charge < -0.3 is 20.6 Å². The Hall–Kier alpha value is -0.860. The number of aliphatic hydroxyl groups excluding tert-OH is 1. The number of fused-ring (bicyclic) bond motifs is 1. The average molecular weight is 514 g/mol. The highest BCUT2D eigenvalue weighted by atomic mass is 127. The van der Waals surface area contributed by atoms with Gasteiger partial charge in [-0.15, -0.1) is 24.0 Å². The quantitative estimate of drug-likeness (QED) is 0.225. The number of hydrogen-bond acceptors (Lipinski definition) is 3. The molecule has 0 bridgehead atoms. The summed E-state index contributed by atoms with van der Waals surface area (Å²) in [7, 11) is 0. The van der Waals surface area contributed by atoms with Crippen LogP contribution in [-0.2, 0) is 12.8 Å². The van der Waals surface area contributed by atoms with E-state index in [0.29, 0.717) is 0 Å². The third-order valence-corrected chi connectivity index (χ3v) is 6.03. The summed E-state index contributed by atoms with van der Waals surface area (Å²) in [6.07, 6.45) is 7.88. The van der Waals surface area contributed by atoms with E-state index in [2.05, 4.69) is 47.6 Å². The molecule has 0 saturated carbocycles. The molecule has 5 nitrogen and oxygen atoms in total. The number of aliphatic hydroxyl groups is 1. The van der Waals surface area contributed by atoms with E-state index in [1.54, 1.807) is 0 Å². The Kier molecular flexibility index (Phi) is 10.7. The van der Waals surface area contributed by atoms with Crippen LogP contribution in [0.3, 0.4) is 0 Å². The molecule has 6 heteroatoms. The fourth-order valence-corrected chi connectivity index (χ4v) is 4.26. The van der Waals surface area contributed by atoms with Gasteiger partial charge in [-0.3, -0.25) is 4.99 Å². The van der Waals surface area contributed by atoms with Crippen molar-refractivity contribution in [3.63, 3.8) is 0 Å². The number of halogens is 1. The van der Waals surface area contributed by atoms with Crippen LogP contribution in [0.1, 0.15) is 68.7 Å². The maximum absolute atomic E-state index is 9.61. The van der Waals surface area contributed by atoms with Crippen LogP contribution < -0.4 is 10.6 Å². The second-order valence-electron chi connectivity index (χ2n) is 8.29. The lowest BCUT2D eigenvalue weighted by Crippen LogP contribution is -2.39. The summed E-state index contributed by atoms with van der Waals surface area (Å²) in [6.45, 7) is 9.11. The van der Waals surface area contributed by atoms with Crippen LogP contribution in [-0.4, -0.2) is 54.8 Å². The number of benzene rings is 1. The van der Waals surface area contributed by atoms with Crippen molar-refractivity contribution >= 4 is 29.9 Å². The molecule has 1 aromatic carbocycles. The van der Waals surface area contributed by atoms with Crippen molar-refractivity contribution in [1.29, 1.82) is 0 Å². The Bertz CT molecular complexity index is 644. The summed E-state index contributed by atoms with van der Waals surface area (Å²) >= 11 is 0. The number of aliphatic imine (C=N–C) groups is 1. The number of likely N-dealkylation sites (tertiary alicyclic amines) is 1. The fraction of sp³-hybridized carbons (Fsp3) is 0.696. The highest BCUT2D eigenvalue weighted by Gasteiger charge is 2.16. The van der Waals surface area contributed by atoms with Gasteiger partial charge in [0.1, 0.15) is 0 Å². The summed E-state index contributed by atoms with van der Waals surface area (Å²) in [4.78, 5) is 7.23. The Labute approximate surface area is 193 Å². The van der Waals surface area contributed by atoms with Crippen LogP contribution in [0.25, 0.3) is 0 Å². The summed E-state index contributed by atoms with van der Waals surface area (Å²) in [5.41, 5.74) is 4.41. The summed E-state index contributed by atoms with van der Waals surface area (Å²) in [5.74, 6) is 0.904. The normalized spacial score (nSPS) is 19.2. The van der Waals surface area contributed by atoms with Crippen LogP contribution in [0.5, 0.6) is 0 Å². The zero-order valence-corrected chi connectivity index (χ0v) is 20.5. The van der Waals surface area contributed by atoms with Gasteiger partial charge in [-0.05, 0) is 82.0 Å². The SMILES string of the molecule is CCNC(=NCCCN1CCC(O)CC1)NC(C)c1ccc2c(c1)CCCC2.I. The van der Waals surface area contributed by atoms with E-state index in [-0.39, 0.29) is 36.1 Å². The Morgan fingerprint density at radius 1 is 1.21 bits per heavy atom. The van der Waals surface area contributed by atoms with E-state index < -0.39 is 0 Å². The molecule has 2 aliphatic rings. The van der Waals surface area contributed by atoms with Gasteiger partial charge in [0.2, 0.25) is 0 Å². The van der Waals surface area contributed by atoms with E-state index in [1.165, 1.54) is 42.4 Å². The molecule has 3 N–H and O–H groups in total. The molecule has 0 aromatic heterocycles. The minimum absolute atomic E-state index is 0. The number of guanidine groups is 1. The first-order chi connectivity index (χ1) is 13.7. The molecule has 1 aromatic rings. The zero-order chi connectivity index (χ0) is 19.8. The minimum atomic E-state index is -0.0936. The van der Waals surface area contributed by atoms with Crippen molar-refractivity contribution in [2.45, 2.75) is 70.9 Å². The van der Waals surface area contributed by atoms with Gasteiger partial charge in [-0.1, -0.05) is 18.2 Å². The molecule has 1 aliphatic heterocycles. The van der Waals surface area contributed by atoms with Crippen molar-refractivity contribution in [2.75, 3.05) is 32.7 Å². The summed E-state index contributed by atoms with van der Waals surface area (Å²) in [6, 6.07) is 7.23. The molecular weight excluding hydrogens is 475 g/mol. The van der Waals surface area contributed by atoms with E-state index in [1.807, 2.05) is 0 Å². The van der Waals surface area contributed by atoms with Crippen LogP contribution in [0, 0.1) is 0 Å². The van der Waals surface area contributed by atoms with E-state index in [9.17, 15) is 5.11 Å². The predicted molar refractivity (Wildman–Crippen MR) is 132 cm³/mol. The topological polar surface area (TPSA) is 59.9 Å². The lowest BCUT2D eigenvalue weighted by molar-refractivity contribution is 0.0824. The van der Waals surface area contributed by atoms with Gasteiger partial charge in [0.15, 0.2) is 5.96 Å². The molecule has 1 atom stereocenters. The number of piperidine rings is 1. The molecule has 1 aliphatic carbocycles. The summed E-state index contributed by atoms with van der Waals surface area (Å²) < 4.78 is 0. The molecule has 1 unspecified atom stereocenters. The monoisotopic (exact) mass is 514 g/mol. The van der Waals surface area contributed by atoms with Gasteiger partial charge >= 0.3 is 0 Å². The van der Waals surface area contributed by atoms with Crippen LogP contribution in [0.2, 0.25) is 0 Å². The molecule has 1 saturated heterocycles. The molecule has 0 radical (unpaired) electrons. The molecule has 0 amide bonds. The van der Waals surface area contributed by atoms with E-state index in [0.717, 1.165) is 57.9 Å². The van der Waals surface area contributed by atoms with Crippen LogP contribution in [0.15, 0.2) is 23.2 Å². The smallest absolute Gasteiger partial charge is 0.191 e. The maximum atomic E-state index is 9.61. The van der Waals surface area contributed by atoms with Gasteiger partial charge in [0.05, 0.1) is 12.1 Å². The van der Waals surface area contributed by atoms with Crippen molar-refractivity contribution in [3.8, 4) is 0 Å². The van der Waals surface area contributed by atoms with Crippen molar-refractivity contribution in [2.24, 2.45) is 4.99 Å². The van der Waals surface area contributed by atoms with Crippen LogP contribution in [0.4, 0.5) is 0 Å². The largest absolute Gasteiger partial charge is 0.393 e. The first-order valence-corrected chi connectivity index (χ1v) is 11.2. The molecule has 29 heavy (non-hydrogen) atoms. The van der Waals surface area contributed by atoms with Gasteiger partial charge in [-0.25, -0.2) is 0 Å². The highest BCUT2D eigenvalue weighted by Crippen LogP contribution is 2.24. The van der Waals surface area contributed by atoms with Crippen molar-refractivity contribution in [3.05, 3.63) is 34.9 Å². The van der Waals surface area contributed by atoms with Crippen molar-refractivity contribution in [1.82, 2.24) is 15.5 Å². The first kappa shape index (κ1) is 24.4. The minimum Gasteiger partial charge on any atom is -0.393 e. The lowest BCUT2D eigenvalue weighted by atomic mass is 9.89. The lowest BCUT2D eigenvalue weighted by Gasteiger charge is -2.29. The average Bonchev–Trinajstić information content (AvgIpc) is 2.72. The van der Waals surface area contributed by atoms with Gasteiger partial charge in [-0.2, -0.15) is 0 Å². The molecule has 164 valence electrons. The predicted octanol–water partition coefficient (Wildman–Crippen LogP) is 3.65. The van der Waals surface area contributed by atoms with Gasteiger partial charge in [0, 0.05) is 26.2 Å². The summed E-state index contributed by atoms with van der Waals surface area (Å²) in [5, 5.41) is 16.6. The Balaban J connectivity index is 0.00000300. The van der Waals surface area contributed by atoms with Crippen LogP contribution >= 0.6 is 24.0 Å². The second kappa shape index (κ2) is 12.7. The number of nitrogens with one attached hydrogen (secondary N) is 2. The molecule has 1 fully saturated rings. The first-order valence-electron chi connectivity index (χ1n) is 11.2. The standard InChI is InChI=1S/C23H38N4O.HI/c1-3-24-23(25-13-6-14-27-15-11-22(28)12-16-27)26-18(2)20-10-9-19-7-4-5-8-21(19)17-20;/h9-10,17-18,22,28H,3-8,11-16H2,1-2H3,(H2,24,25,26);1H. The van der Waals surface area contributed by atoms with Gasteiger partial charge in [0.25, 0.3) is 0 Å². The molecule has 1 heterocycles. The number of nitrogens with zero attached hydrogens (tertiary/aromatic N) is 2. The number of rotatable bonds is 7. The third-order valence-electron chi connectivity index (χ3n) is 6.03. The third kappa shape index (κ3) is 7.72. The highest BCUT2D eigenvalue weighted by molar-refractivity contribution is 14.0. The Morgan fingerprint density at radius 2 is 1.93 bits per heavy atom. The molecule has 3 rings (SSSR count). The van der Waals surface area contributed by atoms with E-state index >= 15 is 0 Å². The Morgan fingerprint density at radius 3 is 2.66 bits per heavy atom. The molecule has 0 spiro atoms.